The van der Waals surface area contributed by atoms with Crippen LogP contribution in [0.1, 0.15) is 12.5 Å². The molecule has 1 N–H and O–H groups in total. The minimum Gasteiger partial charge on any atom is -0.316 e. The third-order valence-electron chi connectivity index (χ3n) is 3.19. The Balaban J connectivity index is 2.30. The molecule has 9 heteroatoms. The quantitative estimate of drug-likeness (QED) is 0.644. The summed E-state index contributed by atoms with van der Waals surface area (Å²) in [7, 11) is 0. The van der Waals surface area contributed by atoms with Crippen molar-refractivity contribution in [1.82, 2.24) is 10.2 Å². The van der Waals surface area contributed by atoms with Gasteiger partial charge in [-0.2, -0.15) is 13.2 Å². The van der Waals surface area contributed by atoms with Crippen LogP contribution in [0.2, 0.25) is 0 Å². The number of nitrogens with zero attached hydrogens (tertiary/aromatic N) is 1. The first-order chi connectivity index (χ1) is 9.56. The average Bonchev–Trinajstić information content (AvgIpc) is 2.56. The Morgan fingerprint density at radius 2 is 1.95 bits per heavy atom. The number of nitrogens with one attached hydrogen (secondary N) is 1. The molecule has 1 aliphatic heterocycles. The fourth-order valence-corrected chi connectivity index (χ4v) is 2.33. The van der Waals surface area contributed by atoms with Gasteiger partial charge in [-0.25, -0.2) is 9.18 Å². The smallest absolute Gasteiger partial charge is 0.316 e. The molecule has 1 atom stereocenters. The van der Waals surface area contributed by atoms with Crippen molar-refractivity contribution in [3.63, 3.8) is 0 Å². The predicted molar refractivity (Wildman–Crippen MR) is 67.6 cm³/mol. The number of carbonyl (C=O) groups excluding carboxylic acids is 2. The molecule has 4 nitrogen and oxygen atoms in total. The highest BCUT2D eigenvalue weighted by molar-refractivity contribution is 9.10. The van der Waals surface area contributed by atoms with Crippen LogP contribution in [0.25, 0.3) is 0 Å². The van der Waals surface area contributed by atoms with E-state index in [4.69, 9.17) is 0 Å². The minimum atomic E-state index is -4.91. The Labute approximate surface area is 125 Å². The SMILES string of the molecule is CC1(C(F)(F)F)NC(=O)N(Cc2ccc(F)cc2Br)C1=O. The third-order valence-corrected chi connectivity index (χ3v) is 3.92. The van der Waals surface area contributed by atoms with Gasteiger partial charge in [0, 0.05) is 4.47 Å². The lowest BCUT2D eigenvalue weighted by molar-refractivity contribution is -0.191. The van der Waals surface area contributed by atoms with Crippen LogP contribution in [0.3, 0.4) is 0 Å². The second kappa shape index (κ2) is 4.97. The number of rotatable bonds is 2. The molecule has 114 valence electrons. The summed E-state index contributed by atoms with van der Waals surface area (Å²) in [6.45, 7) is 0.212. The van der Waals surface area contributed by atoms with Gasteiger partial charge in [-0.05, 0) is 24.6 Å². The van der Waals surface area contributed by atoms with Gasteiger partial charge in [-0.3, -0.25) is 9.69 Å². The summed E-state index contributed by atoms with van der Waals surface area (Å²) in [6, 6.07) is 2.32. The Hall–Kier alpha value is -1.64. The van der Waals surface area contributed by atoms with Gasteiger partial charge in [-0.15, -0.1) is 0 Å². The van der Waals surface area contributed by atoms with Crippen LogP contribution in [-0.2, 0) is 11.3 Å². The maximum absolute atomic E-state index is 13.0. The van der Waals surface area contributed by atoms with Crippen LogP contribution in [0, 0.1) is 5.82 Å². The number of urea groups is 1. The summed E-state index contributed by atoms with van der Waals surface area (Å²) in [5.41, 5.74) is -2.64. The normalized spacial score (nSPS) is 22.7. The van der Waals surface area contributed by atoms with Crippen molar-refractivity contribution < 1.29 is 27.2 Å². The monoisotopic (exact) mass is 368 g/mol. The lowest BCUT2D eigenvalue weighted by Crippen LogP contribution is -2.56. The number of carbonyl (C=O) groups is 2. The first-order valence-electron chi connectivity index (χ1n) is 5.71. The van der Waals surface area contributed by atoms with E-state index in [1.54, 1.807) is 5.32 Å². The molecular formula is C12H9BrF4N2O2. The second-order valence-corrected chi connectivity index (χ2v) is 5.53. The fraction of sp³-hybridized carbons (Fsp3) is 0.333. The van der Waals surface area contributed by atoms with E-state index in [2.05, 4.69) is 15.9 Å². The number of hydrogen-bond donors (Lipinski definition) is 1. The van der Waals surface area contributed by atoms with E-state index in [0.29, 0.717) is 17.4 Å². The fourth-order valence-electron chi connectivity index (χ4n) is 1.85. The second-order valence-electron chi connectivity index (χ2n) is 4.68. The highest BCUT2D eigenvalue weighted by Crippen LogP contribution is 2.36. The summed E-state index contributed by atoms with van der Waals surface area (Å²) in [4.78, 5) is 24.0. The number of alkyl halides is 3. The maximum Gasteiger partial charge on any atom is 0.420 e. The van der Waals surface area contributed by atoms with Gasteiger partial charge in [0.05, 0.1) is 6.54 Å². The molecular weight excluding hydrogens is 360 g/mol. The van der Waals surface area contributed by atoms with Crippen LogP contribution in [0.4, 0.5) is 22.4 Å². The van der Waals surface area contributed by atoms with Gasteiger partial charge in [0.25, 0.3) is 5.91 Å². The molecule has 0 spiro atoms. The zero-order valence-corrected chi connectivity index (χ0v) is 12.2. The molecule has 0 aromatic heterocycles. The van der Waals surface area contributed by atoms with Crippen molar-refractivity contribution >= 4 is 27.9 Å². The summed E-state index contributed by atoms with van der Waals surface area (Å²) >= 11 is 3.03. The van der Waals surface area contributed by atoms with E-state index in [0.717, 1.165) is 12.1 Å². The largest absolute Gasteiger partial charge is 0.420 e. The Kier molecular flexibility index (Phi) is 3.73. The lowest BCUT2D eigenvalue weighted by Gasteiger charge is -2.24. The first-order valence-corrected chi connectivity index (χ1v) is 6.50. The number of hydrogen-bond acceptors (Lipinski definition) is 2. The predicted octanol–water partition coefficient (Wildman–Crippen LogP) is 2.96. The molecule has 0 aliphatic carbocycles. The van der Waals surface area contributed by atoms with Crippen LogP contribution in [0.5, 0.6) is 0 Å². The summed E-state index contributed by atoms with van der Waals surface area (Å²) in [5.74, 6) is -1.95. The molecule has 1 heterocycles. The highest BCUT2D eigenvalue weighted by Gasteiger charge is 2.64. The Morgan fingerprint density at radius 3 is 2.43 bits per heavy atom. The molecule has 0 radical (unpaired) electrons. The van der Waals surface area contributed by atoms with Gasteiger partial charge in [0.1, 0.15) is 5.82 Å². The van der Waals surface area contributed by atoms with Crippen molar-refractivity contribution in [2.24, 2.45) is 0 Å². The molecule has 1 aliphatic rings. The van der Waals surface area contributed by atoms with Crippen LogP contribution < -0.4 is 5.32 Å². The van der Waals surface area contributed by atoms with Crippen LogP contribution in [0.15, 0.2) is 22.7 Å². The standard InChI is InChI=1S/C12H9BrF4N2O2/c1-11(12(15,16)17)9(20)19(10(21)18-11)5-6-2-3-7(14)4-8(6)13/h2-4H,5H2,1H3,(H,18,21). The van der Waals surface area contributed by atoms with Crippen molar-refractivity contribution in [2.75, 3.05) is 0 Å². The van der Waals surface area contributed by atoms with Gasteiger partial charge >= 0.3 is 12.2 Å². The van der Waals surface area contributed by atoms with E-state index in [9.17, 15) is 27.2 Å². The summed E-state index contributed by atoms with van der Waals surface area (Å²) < 4.78 is 51.9. The maximum atomic E-state index is 13.0. The zero-order chi connectivity index (χ0) is 16.0. The molecule has 1 aromatic rings. The van der Waals surface area contributed by atoms with Crippen molar-refractivity contribution in [1.29, 1.82) is 0 Å². The van der Waals surface area contributed by atoms with Crippen molar-refractivity contribution in [3.8, 4) is 0 Å². The molecule has 0 saturated carbocycles. The highest BCUT2D eigenvalue weighted by atomic mass is 79.9. The molecule has 21 heavy (non-hydrogen) atoms. The van der Waals surface area contributed by atoms with Gasteiger partial charge in [0.15, 0.2) is 0 Å². The lowest BCUT2D eigenvalue weighted by atomic mass is 10.0. The van der Waals surface area contributed by atoms with Gasteiger partial charge < -0.3 is 5.32 Å². The number of benzene rings is 1. The van der Waals surface area contributed by atoms with E-state index in [-0.39, 0.29) is 4.47 Å². The van der Waals surface area contributed by atoms with Crippen LogP contribution in [-0.4, -0.2) is 28.6 Å². The van der Waals surface area contributed by atoms with E-state index >= 15 is 0 Å². The molecule has 2 rings (SSSR count). The molecule has 3 amide bonds. The zero-order valence-electron chi connectivity index (χ0n) is 10.6. The number of imide groups is 1. The van der Waals surface area contributed by atoms with Crippen LogP contribution >= 0.6 is 15.9 Å². The molecule has 1 aromatic carbocycles. The molecule has 1 saturated heterocycles. The van der Waals surface area contributed by atoms with E-state index in [1.165, 1.54) is 6.07 Å². The van der Waals surface area contributed by atoms with Crippen molar-refractivity contribution in [3.05, 3.63) is 34.1 Å². The summed E-state index contributed by atoms with van der Waals surface area (Å²) in [6.07, 6.45) is -4.91. The van der Waals surface area contributed by atoms with E-state index in [1.807, 2.05) is 0 Å². The van der Waals surface area contributed by atoms with Gasteiger partial charge in [0.2, 0.25) is 5.54 Å². The first kappa shape index (κ1) is 15.7. The van der Waals surface area contributed by atoms with Crippen molar-refractivity contribution in [2.45, 2.75) is 25.2 Å². The Bertz CT molecular complexity index is 620. The third kappa shape index (κ3) is 2.61. The number of halogens is 5. The molecule has 1 fully saturated rings. The Morgan fingerprint density at radius 1 is 1.33 bits per heavy atom. The van der Waals surface area contributed by atoms with Gasteiger partial charge in [-0.1, -0.05) is 22.0 Å². The topological polar surface area (TPSA) is 49.4 Å². The summed E-state index contributed by atoms with van der Waals surface area (Å²) in [5, 5.41) is 1.64. The average molecular weight is 369 g/mol. The molecule has 0 bridgehead atoms. The molecule has 1 unspecified atom stereocenters. The van der Waals surface area contributed by atoms with E-state index < -0.39 is 36.0 Å². The minimum absolute atomic E-state index is 0.253. The number of amides is 3.